The Labute approximate surface area is 218 Å². The van der Waals surface area contributed by atoms with E-state index in [1.54, 1.807) is 24.4 Å². The van der Waals surface area contributed by atoms with Gasteiger partial charge in [0.2, 0.25) is 0 Å². The number of hydrogen-bond acceptors (Lipinski definition) is 7. The molecule has 3 aromatic carbocycles. The molecule has 0 aliphatic carbocycles. The molecule has 6 rings (SSSR count). The molecule has 38 heavy (non-hydrogen) atoms. The second-order valence-corrected chi connectivity index (χ2v) is 9.60. The van der Waals surface area contributed by atoms with Gasteiger partial charge in [0, 0.05) is 60.0 Å². The second-order valence-electron chi connectivity index (χ2n) is 9.60. The first-order valence-electron chi connectivity index (χ1n) is 12.5. The third-order valence-corrected chi connectivity index (χ3v) is 7.30. The lowest BCUT2D eigenvalue weighted by atomic mass is 9.94. The summed E-state index contributed by atoms with van der Waals surface area (Å²) in [5, 5.41) is 27.2. The minimum absolute atomic E-state index is 0.0144. The van der Waals surface area contributed by atoms with Gasteiger partial charge in [0.25, 0.3) is 0 Å². The number of halogens is 2. The van der Waals surface area contributed by atoms with Crippen LogP contribution >= 0.6 is 0 Å². The van der Waals surface area contributed by atoms with Gasteiger partial charge in [-0.15, -0.1) is 0 Å². The highest BCUT2D eigenvalue weighted by Gasteiger charge is 2.33. The minimum Gasteiger partial charge on any atom is -0.507 e. The SMILES string of the molecule is O/N=C/c1cccc(-c2ccc3ncc(-c4cc(F)cc(F)c4)c(N4CC[C@@H]5NCCO[C@H]5C4)c3c2)c1O. The highest BCUT2D eigenvalue weighted by Crippen LogP contribution is 2.41. The number of benzene rings is 3. The average molecular weight is 517 g/mol. The second kappa shape index (κ2) is 10.00. The molecule has 2 aliphatic heterocycles. The molecule has 0 saturated carbocycles. The topological polar surface area (TPSA) is 90.2 Å². The number of aromatic nitrogens is 1. The number of nitrogens with zero attached hydrogens (tertiary/aromatic N) is 3. The number of hydrogen-bond donors (Lipinski definition) is 3. The molecule has 1 aromatic heterocycles. The number of rotatable bonds is 4. The van der Waals surface area contributed by atoms with Crippen LogP contribution in [0.5, 0.6) is 5.75 Å². The van der Waals surface area contributed by atoms with Crippen LogP contribution in [-0.4, -0.2) is 59.9 Å². The van der Waals surface area contributed by atoms with E-state index < -0.39 is 11.6 Å². The Hall–Kier alpha value is -4.08. The first-order valence-corrected chi connectivity index (χ1v) is 12.5. The molecule has 4 aromatic rings. The van der Waals surface area contributed by atoms with Gasteiger partial charge in [0.15, 0.2) is 0 Å². The molecule has 3 N–H and O–H groups in total. The molecule has 0 radical (unpaired) electrons. The number of phenolic OH excluding ortho intramolecular Hbond substituents is 1. The zero-order chi connectivity index (χ0) is 26.2. The summed E-state index contributed by atoms with van der Waals surface area (Å²) >= 11 is 0. The summed E-state index contributed by atoms with van der Waals surface area (Å²) in [5.74, 6) is -1.35. The van der Waals surface area contributed by atoms with Gasteiger partial charge < -0.3 is 25.3 Å². The molecule has 9 heteroatoms. The molecule has 0 unspecified atom stereocenters. The van der Waals surface area contributed by atoms with Crippen molar-refractivity contribution >= 4 is 22.8 Å². The van der Waals surface area contributed by atoms with E-state index in [2.05, 4.69) is 20.4 Å². The quantitative estimate of drug-likeness (QED) is 0.203. The standard InChI is InChI=1S/C29H26F2N4O3/c30-20-10-19(11-21(31)13-20)24-15-33-25-5-4-17(22-3-1-2-18(14-34-37)29(22)36)12-23(25)28(24)35-8-6-26-27(16-35)38-9-7-32-26/h1-5,10-15,26-27,32,36-37H,6-9,16H2/b34-14+/t26-,27-/m0/s1. The van der Waals surface area contributed by atoms with Gasteiger partial charge in [-0.05, 0) is 47.9 Å². The van der Waals surface area contributed by atoms with E-state index in [-0.39, 0.29) is 17.9 Å². The van der Waals surface area contributed by atoms with Gasteiger partial charge in [0.1, 0.15) is 17.4 Å². The third kappa shape index (κ3) is 4.44. The normalized spacial score (nSPS) is 19.7. The van der Waals surface area contributed by atoms with E-state index >= 15 is 0 Å². The molecule has 2 atom stereocenters. The van der Waals surface area contributed by atoms with Crippen LogP contribution in [0.1, 0.15) is 12.0 Å². The Morgan fingerprint density at radius 2 is 1.89 bits per heavy atom. The van der Waals surface area contributed by atoms with Crippen molar-refractivity contribution in [1.29, 1.82) is 0 Å². The number of anilines is 1. The maximum atomic E-state index is 14.3. The average Bonchev–Trinajstić information content (AvgIpc) is 2.92. The monoisotopic (exact) mass is 516 g/mol. The molecule has 0 bridgehead atoms. The fourth-order valence-corrected chi connectivity index (χ4v) is 5.54. The minimum atomic E-state index is -0.661. The molecule has 2 saturated heterocycles. The number of fused-ring (bicyclic) bond motifs is 2. The molecule has 7 nitrogen and oxygen atoms in total. The van der Waals surface area contributed by atoms with Crippen LogP contribution in [0, 0.1) is 11.6 Å². The van der Waals surface area contributed by atoms with Crippen molar-refractivity contribution in [2.45, 2.75) is 18.6 Å². The summed E-state index contributed by atoms with van der Waals surface area (Å²) in [4.78, 5) is 6.83. The Bertz CT molecular complexity index is 1520. The van der Waals surface area contributed by atoms with E-state index in [9.17, 15) is 13.9 Å². The van der Waals surface area contributed by atoms with Crippen LogP contribution in [0.4, 0.5) is 14.5 Å². The number of ether oxygens (including phenoxy) is 1. The van der Waals surface area contributed by atoms with E-state index in [1.807, 2.05) is 18.2 Å². The molecule has 0 amide bonds. The lowest BCUT2D eigenvalue weighted by molar-refractivity contribution is -0.00896. The van der Waals surface area contributed by atoms with Crippen LogP contribution in [0.2, 0.25) is 0 Å². The molecular formula is C29H26F2N4O3. The Balaban J connectivity index is 1.55. The van der Waals surface area contributed by atoms with Gasteiger partial charge in [-0.25, -0.2) is 8.78 Å². The van der Waals surface area contributed by atoms with Gasteiger partial charge in [-0.1, -0.05) is 23.4 Å². The van der Waals surface area contributed by atoms with Crippen LogP contribution in [0.25, 0.3) is 33.2 Å². The Morgan fingerprint density at radius 3 is 2.71 bits per heavy atom. The van der Waals surface area contributed by atoms with Crippen molar-refractivity contribution in [1.82, 2.24) is 10.3 Å². The van der Waals surface area contributed by atoms with E-state index in [4.69, 9.17) is 9.94 Å². The number of aromatic hydroxyl groups is 1. The van der Waals surface area contributed by atoms with Crippen molar-refractivity contribution in [3.8, 4) is 28.0 Å². The molecule has 2 aliphatic rings. The van der Waals surface area contributed by atoms with Crippen molar-refractivity contribution in [2.75, 3.05) is 31.1 Å². The van der Waals surface area contributed by atoms with Gasteiger partial charge >= 0.3 is 0 Å². The lowest BCUT2D eigenvalue weighted by Crippen LogP contribution is -2.57. The number of oxime groups is 1. The summed E-state index contributed by atoms with van der Waals surface area (Å²) in [6.07, 6.45) is 3.67. The third-order valence-electron chi connectivity index (χ3n) is 7.30. The van der Waals surface area contributed by atoms with E-state index in [0.29, 0.717) is 40.9 Å². The van der Waals surface area contributed by atoms with E-state index in [1.165, 1.54) is 18.3 Å². The van der Waals surface area contributed by atoms with Crippen molar-refractivity contribution < 1.29 is 23.8 Å². The molecule has 2 fully saturated rings. The van der Waals surface area contributed by atoms with Gasteiger partial charge in [-0.2, -0.15) is 0 Å². The van der Waals surface area contributed by atoms with Crippen molar-refractivity contribution in [2.24, 2.45) is 5.16 Å². The maximum absolute atomic E-state index is 14.3. The summed E-state index contributed by atoms with van der Waals surface area (Å²) in [5.41, 5.74) is 4.17. The Morgan fingerprint density at radius 1 is 1.05 bits per heavy atom. The summed E-state index contributed by atoms with van der Waals surface area (Å²) in [6.45, 7) is 2.78. The molecule has 3 heterocycles. The number of phenols is 1. The first kappa shape index (κ1) is 24.3. The van der Waals surface area contributed by atoms with Gasteiger partial charge in [0.05, 0.1) is 30.1 Å². The highest BCUT2D eigenvalue weighted by atomic mass is 19.1. The zero-order valence-electron chi connectivity index (χ0n) is 20.4. The fourth-order valence-electron chi connectivity index (χ4n) is 5.54. The predicted molar refractivity (Wildman–Crippen MR) is 142 cm³/mol. The summed E-state index contributed by atoms with van der Waals surface area (Å²) in [7, 11) is 0. The maximum Gasteiger partial charge on any atom is 0.132 e. The number of para-hydroxylation sites is 1. The lowest BCUT2D eigenvalue weighted by Gasteiger charge is -2.43. The van der Waals surface area contributed by atoms with Gasteiger partial charge in [-0.3, -0.25) is 4.98 Å². The first-order chi connectivity index (χ1) is 18.5. The highest BCUT2D eigenvalue weighted by molar-refractivity contribution is 6.02. The number of nitrogens with one attached hydrogen (secondary N) is 1. The van der Waals surface area contributed by atoms with Crippen molar-refractivity contribution in [3.05, 3.63) is 78.0 Å². The largest absolute Gasteiger partial charge is 0.507 e. The van der Waals surface area contributed by atoms with Crippen LogP contribution in [0.3, 0.4) is 0 Å². The van der Waals surface area contributed by atoms with Crippen LogP contribution in [0.15, 0.2) is 65.9 Å². The zero-order valence-corrected chi connectivity index (χ0v) is 20.4. The number of morpholine rings is 1. The predicted octanol–water partition coefficient (Wildman–Crippen LogP) is 4.93. The Kier molecular flexibility index (Phi) is 6.39. The van der Waals surface area contributed by atoms with Crippen LogP contribution in [-0.2, 0) is 4.74 Å². The van der Waals surface area contributed by atoms with E-state index in [0.717, 1.165) is 42.2 Å². The van der Waals surface area contributed by atoms with Crippen LogP contribution < -0.4 is 10.2 Å². The molecule has 194 valence electrons. The number of piperidine rings is 1. The molecule has 0 spiro atoms. The molecular weight excluding hydrogens is 490 g/mol. The van der Waals surface area contributed by atoms with Crippen molar-refractivity contribution in [3.63, 3.8) is 0 Å². The fraction of sp³-hybridized carbons (Fsp3) is 0.241. The summed E-state index contributed by atoms with van der Waals surface area (Å²) in [6, 6.07) is 14.6. The smallest absolute Gasteiger partial charge is 0.132 e. The summed E-state index contributed by atoms with van der Waals surface area (Å²) < 4.78 is 34.7. The number of pyridine rings is 1.